The van der Waals surface area contributed by atoms with Crippen LogP contribution < -0.4 is 0 Å². The van der Waals surface area contributed by atoms with Gasteiger partial charge in [0.1, 0.15) is 4.83 Å². The zero-order valence-corrected chi connectivity index (χ0v) is 11.4. The number of hydrogen-bond donors (Lipinski definition) is 0. The Hall–Kier alpha value is -0.440. The van der Waals surface area contributed by atoms with Crippen LogP contribution in [-0.4, -0.2) is 6.43 Å². The first-order valence-corrected chi connectivity index (χ1v) is 6.32. The van der Waals surface area contributed by atoms with Crippen molar-refractivity contribution in [2.24, 2.45) is 0 Å². The van der Waals surface area contributed by atoms with Crippen LogP contribution in [0.2, 0.25) is 0 Å². The van der Waals surface area contributed by atoms with Crippen molar-refractivity contribution >= 4 is 15.9 Å². The van der Waals surface area contributed by atoms with Crippen LogP contribution in [0, 0.1) is 0 Å². The van der Waals surface area contributed by atoms with E-state index in [-0.39, 0.29) is 5.41 Å². The molecule has 1 rings (SSSR count). The Morgan fingerprint density at radius 1 is 1.19 bits per heavy atom. The van der Waals surface area contributed by atoms with Gasteiger partial charge in [-0.05, 0) is 23.0 Å². The molecule has 0 aliphatic heterocycles. The van der Waals surface area contributed by atoms with Gasteiger partial charge in [0.05, 0.1) is 0 Å². The molecule has 0 nitrogen and oxygen atoms in total. The van der Waals surface area contributed by atoms with Crippen molar-refractivity contribution in [2.45, 2.75) is 43.9 Å². The maximum atomic E-state index is 12.5. The fourth-order valence-electron chi connectivity index (χ4n) is 1.47. The molecular formula is C13H17BrF2. The van der Waals surface area contributed by atoms with Gasteiger partial charge in [-0.2, -0.15) is 0 Å². The van der Waals surface area contributed by atoms with E-state index in [1.54, 1.807) is 12.1 Å². The molecule has 1 unspecified atom stereocenters. The zero-order chi connectivity index (χ0) is 12.3. The highest BCUT2D eigenvalue weighted by molar-refractivity contribution is 9.09. The largest absolute Gasteiger partial charge is 0.255 e. The normalized spacial score (nSPS) is 14.2. The van der Waals surface area contributed by atoms with Gasteiger partial charge >= 0.3 is 0 Å². The molecule has 1 aromatic carbocycles. The molecular weight excluding hydrogens is 274 g/mol. The first-order valence-electron chi connectivity index (χ1n) is 5.41. The Morgan fingerprint density at radius 2 is 1.69 bits per heavy atom. The lowest BCUT2D eigenvalue weighted by Crippen LogP contribution is -2.15. The van der Waals surface area contributed by atoms with E-state index in [1.165, 1.54) is 5.56 Å². The van der Waals surface area contributed by atoms with Crippen LogP contribution in [-0.2, 0) is 5.41 Å². The van der Waals surface area contributed by atoms with Crippen LogP contribution in [0.4, 0.5) is 8.78 Å². The molecule has 1 atom stereocenters. The van der Waals surface area contributed by atoms with Gasteiger partial charge in [0, 0.05) is 0 Å². The summed E-state index contributed by atoms with van der Waals surface area (Å²) in [7, 11) is 0. The third-order valence-electron chi connectivity index (χ3n) is 3.12. The molecule has 0 spiro atoms. The topological polar surface area (TPSA) is 0 Å². The predicted molar refractivity (Wildman–Crippen MR) is 67.4 cm³/mol. The highest BCUT2D eigenvalue weighted by Gasteiger charge is 2.21. The minimum Gasteiger partial charge on any atom is -0.209 e. The standard InChI is InChI=1S/C13H17BrF2/c1-4-13(2,3)10-7-5-9(6-8-10)11(14)12(15)16/h5-8,11-12H,4H2,1-3H3. The fourth-order valence-corrected chi connectivity index (χ4v) is 1.77. The Morgan fingerprint density at radius 3 is 2.06 bits per heavy atom. The van der Waals surface area contributed by atoms with Crippen molar-refractivity contribution in [3.63, 3.8) is 0 Å². The monoisotopic (exact) mass is 290 g/mol. The van der Waals surface area contributed by atoms with Crippen molar-refractivity contribution in [1.82, 2.24) is 0 Å². The van der Waals surface area contributed by atoms with Crippen molar-refractivity contribution < 1.29 is 8.78 Å². The predicted octanol–water partition coefficient (Wildman–Crippen LogP) is 5.08. The summed E-state index contributed by atoms with van der Waals surface area (Å²) < 4.78 is 24.9. The molecule has 1 aromatic rings. The molecule has 0 aromatic heterocycles. The van der Waals surface area contributed by atoms with E-state index in [4.69, 9.17) is 0 Å². The Kier molecular flexibility index (Phi) is 4.48. The summed E-state index contributed by atoms with van der Waals surface area (Å²) in [6, 6.07) is 7.43. The van der Waals surface area contributed by atoms with Gasteiger partial charge in [0.25, 0.3) is 6.43 Å². The van der Waals surface area contributed by atoms with E-state index in [0.29, 0.717) is 5.56 Å². The third kappa shape index (κ3) is 3.03. The molecule has 90 valence electrons. The van der Waals surface area contributed by atoms with Crippen LogP contribution in [0.1, 0.15) is 43.1 Å². The summed E-state index contributed by atoms with van der Waals surface area (Å²) in [5.74, 6) is 0. The van der Waals surface area contributed by atoms with Crippen LogP contribution in [0.25, 0.3) is 0 Å². The maximum Gasteiger partial charge on any atom is 0.255 e. The molecule has 0 heterocycles. The number of halogens is 3. The molecule has 0 bridgehead atoms. The summed E-state index contributed by atoms with van der Waals surface area (Å²) >= 11 is 2.99. The lowest BCUT2D eigenvalue weighted by atomic mass is 9.82. The molecule has 0 fully saturated rings. The second-order valence-electron chi connectivity index (χ2n) is 4.60. The van der Waals surface area contributed by atoms with E-state index in [1.807, 2.05) is 12.1 Å². The molecule has 0 aliphatic rings. The number of benzene rings is 1. The van der Waals surface area contributed by atoms with E-state index < -0.39 is 11.3 Å². The van der Waals surface area contributed by atoms with E-state index in [9.17, 15) is 8.78 Å². The van der Waals surface area contributed by atoms with Gasteiger partial charge in [-0.3, -0.25) is 0 Å². The van der Waals surface area contributed by atoms with E-state index in [0.717, 1.165) is 6.42 Å². The van der Waals surface area contributed by atoms with Crippen LogP contribution in [0.5, 0.6) is 0 Å². The molecule has 0 radical (unpaired) electrons. The quantitative estimate of drug-likeness (QED) is 0.679. The average Bonchev–Trinajstić information content (AvgIpc) is 2.28. The lowest BCUT2D eigenvalue weighted by Gasteiger charge is -2.23. The molecule has 0 amide bonds. The lowest BCUT2D eigenvalue weighted by molar-refractivity contribution is 0.147. The van der Waals surface area contributed by atoms with E-state index in [2.05, 4.69) is 36.7 Å². The number of hydrogen-bond acceptors (Lipinski definition) is 0. The smallest absolute Gasteiger partial charge is 0.209 e. The molecule has 3 heteroatoms. The molecule has 0 aliphatic carbocycles. The van der Waals surface area contributed by atoms with Crippen molar-refractivity contribution in [1.29, 1.82) is 0 Å². The number of alkyl halides is 3. The van der Waals surface area contributed by atoms with Crippen molar-refractivity contribution in [3.8, 4) is 0 Å². The molecule has 16 heavy (non-hydrogen) atoms. The Balaban J connectivity index is 2.91. The second kappa shape index (κ2) is 5.26. The SMILES string of the molecule is CCC(C)(C)c1ccc(C(Br)C(F)F)cc1. The molecule has 0 saturated heterocycles. The second-order valence-corrected chi connectivity index (χ2v) is 5.58. The minimum absolute atomic E-state index is 0.102. The molecule has 0 N–H and O–H groups in total. The summed E-state index contributed by atoms with van der Waals surface area (Å²) in [5, 5.41) is 0. The summed E-state index contributed by atoms with van der Waals surface area (Å²) in [6.45, 7) is 6.43. The van der Waals surface area contributed by atoms with Gasteiger partial charge in [-0.25, -0.2) is 8.78 Å². The Labute approximate surface area is 104 Å². The minimum atomic E-state index is -2.37. The van der Waals surface area contributed by atoms with Crippen LogP contribution in [0.3, 0.4) is 0 Å². The van der Waals surface area contributed by atoms with Crippen LogP contribution in [0.15, 0.2) is 24.3 Å². The highest BCUT2D eigenvalue weighted by Crippen LogP contribution is 2.32. The summed E-state index contributed by atoms with van der Waals surface area (Å²) in [5.41, 5.74) is 1.92. The maximum absolute atomic E-state index is 12.5. The van der Waals surface area contributed by atoms with E-state index >= 15 is 0 Å². The summed E-state index contributed by atoms with van der Waals surface area (Å²) in [6.07, 6.45) is -1.34. The van der Waals surface area contributed by atoms with Gasteiger partial charge in [0.15, 0.2) is 0 Å². The third-order valence-corrected chi connectivity index (χ3v) is 4.04. The fraction of sp³-hybridized carbons (Fsp3) is 0.538. The first-order chi connectivity index (χ1) is 7.38. The van der Waals surface area contributed by atoms with Crippen molar-refractivity contribution in [3.05, 3.63) is 35.4 Å². The first kappa shape index (κ1) is 13.6. The number of rotatable bonds is 4. The van der Waals surface area contributed by atoms with Gasteiger partial charge in [-0.15, -0.1) is 0 Å². The van der Waals surface area contributed by atoms with Gasteiger partial charge in [0.2, 0.25) is 0 Å². The van der Waals surface area contributed by atoms with Gasteiger partial charge < -0.3 is 0 Å². The highest BCUT2D eigenvalue weighted by atomic mass is 79.9. The zero-order valence-electron chi connectivity index (χ0n) is 9.81. The summed E-state index contributed by atoms with van der Waals surface area (Å²) in [4.78, 5) is -0.869. The van der Waals surface area contributed by atoms with Gasteiger partial charge in [-0.1, -0.05) is 61.0 Å². The van der Waals surface area contributed by atoms with Crippen molar-refractivity contribution in [2.75, 3.05) is 0 Å². The average molecular weight is 291 g/mol. The van der Waals surface area contributed by atoms with Crippen LogP contribution >= 0.6 is 15.9 Å². The molecule has 0 saturated carbocycles. The Bertz CT molecular complexity index is 330.